The molecule has 0 spiro atoms. The number of hydrogen-bond donors (Lipinski definition) is 1. The summed E-state index contributed by atoms with van der Waals surface area (Å²) in [6.45, 7) is 1.97. The van der Waals surface area contributed by atoms with Gasteiger partial charge in [-0.15, -0.1) is 0 Å². The second kappa shape index (κ2) is 7.66. The third kappa shape index (κ3) is 3.73. The molecule has 0 aliphatic carbocycles. The summed E-state index contributed by atoms with van der Waals surface area (Å²) in [5, 5.41) is 0. The predicted octanol–water partition coefficient (Wildman–Crippen LogP) is 6.24. The van der Waals surface area contributed by atoms with Gasteiger partial charge in [-0.2, -0.15) is 8.42 Å². The maximum absolute atomic E-state index is 12.7. The zero-order valence-electron chi connectivity index (χ0n) is 15.9. The summed E-state index contributed by atoms with van der Waals surface area (Å²) >= 11 is 0. The lowest BCUT2D eigenvalue weighted by atomic mass is 9.87. The van der Waals surface area contributed by atoms with Crippen LogP contribution < -0.4 is 0 Å². The Kier molecular flexibility index (Phi) is 5.05. The Bertz CT molecular complexity index is 1250. The highest BCUT2D eigenvalue weighted by molar-refractivity contribution is 7.86. The van der Waals surface area contributed by atoms with Gasteiger partial charge in [-0.25, -0.2) is 0 Å². The summed E-state index contributed by atoms with van der Waals surface area (Å²) in [6.07, 6.45) is 0. The highest BCUT2D eigenvalue weighted by Gasteiger charge is 2.27. The van der Waals surface area contributed by atoms with Crippen LogP contribution in [0, 0.1) is 6.92 Å². The molecule has 4 rings (SSSR count). The molecule has 0 aliphatic heterocycles. The van der Waals surface area contributed by atoms with Crippen molar-refractivity contribution in [3.8, 4) is 33.4 Å². The highest BCUT2D eigenvalue weighted by atomic mass is 32.2. The van der Waals surface area contributed by atoms with Gasteiger partial charge in [0.05, 0.1) is 0 Å². The van der Waals surface area contributed by atoms with E-state index >= 15 is 0 Å². The monoisotopic (exact) mass is 400 g/mol. The summed E-state index contributed by atoms with van der Waals surface area (Å²) < 4.78 is 35.7. The Morgan fingerprint density at radius 3 is 1.48 bits per heavy atom. The van der Waals surface area contributed by atoms with E-state index in [2.05, 4.69) is 0 Å². The van der Waals surface area contributed by atoms with Crippen LogP contribution in [0.2, 0.25) is 0 Å². The molecule has 0 atom stereocenters. The maximum Gasteiger partial charge on any atom is 0.295 e. The fourth-order valence-corrected chi connectivity index (χ4v) is 4.69. The van der Waals surface area contributed by atoms with Gasteiger partial charge in [0.1, 0.15) is 4.90 Å². The molecule has 0 amide bonds. The van der Waals surface area contributed by atoms with Gasteiger partial charge in [0.15, 0.2) is 0 Å². The standard InChI is InChI=1S/C25H20O3S/c1-18-17-22(19-11-5-2-6-12-19)25(29(26,27)28)24(21-15-9-4-10-16-21)23(18)20-13-7-3-8-14-20/h2-17H,1H3,(H,26,27,28). The van der Waals surface area contributed by atoms with Crippen molar-refractivity contribution in [1.29, 1.82) is 0 Å². The molecule has 0 aromatic heterocycles. The lowest BCUT2D eigenvalue weighted by molar-refractivity contribution is 0.484. The maximum atomic E-state index is 12.7. The van der Waals surface area contributed by atoms with Crippen LogP contribution in [0.5, 0.6) is 0 Å². The average molecular weight is 400 g/mol. The Hall–Kier alpha value is -3.21. The second-order valence-corrected chi connectivity index (χ2v) is 8.25. The van der Waals surface area contributed by atoms with Crippen LogP contribution >= 0.6 is 0 Å². The SMILES string of the molecule is Cc1cc(-c2ccccc2)c(S(=O)(=O)O)c(-c2ccccc2)c1-c1ccccc1. The summed E-state index contributed by atoms with van der Waals surface area (Å²) in [5.74, 6) is 0. The average Bonchev–Trinajstić information content (AvgIpc) is 2.74. The largest absolute Gasteiger partial charge is 0.295 e. The molecule has 144 valence electrons. The molecule has 0 bridgehead atoms. The zero-order chi connectivity index (χ0) is 20.4. The van der Waals surface area contributed by atoms with Crippen molar-refractivity contribution in [2.45, 2.75) is 11.8 Å². The van der Waals surface area contributed by atoms with E-state index in [0.717, 1.165) is 27.8 Å². The van der Waals surface area contributed by atoms with Gasteiger partial charge in [0.2, 0.25) is 0 Å². The Labute approximate surface area is 171 Å². The van der Waals surface area contributed by atoms with E-state index in [9.17, 15) is 13.0 Å². The van der Waals surface area contributed by atoms with Crippen molar-refractivity contribution in [2.24, 2.45) is 0 Å². The number of hydrogen-bond acceptors (Lipinski definition) is 2. The van der Waals surface area contributed by atoms with Gasteiger partial charge in [-0.3, -0.25) is 4.55 Å². The van der Waals surface area contributed by atoms with Gasteiger partial charge < -0.3 is 0 Å². The minimum absolute atomic E-state index is 0.0700. The lowest BCUT2D eigenvalue weighted by Crippen LogP contribution is -2.06. The molecular formula is C25H20O3S. The van der Waals surface area contributed by atoms with Crippen LogP contribution in [0.1, 0.15) is 5.56 Å². The number of benzene rings is 4. The van der Waals surface area contributed by atoms with Crippen LogP contribution in [0.25, 0.3) is 33.4 Å². The molecule has 0 fully saturated rings. The van der Waals surface area contributed by atoms with E-state index in [4.69, 9.17) is 0 Å². The molecule has 0 aliphatic rings. The molecule has 0 radical (unpaired) electrons. The van der Waals surface area contributed by atoms with E-state index in [-0.39, 0.29) is 4.90 Å². The smallest absolute Gasteiger partial charge is 0.282 e. The quantitative estimate of drug-likeness (QED) is 0.412. The molecular weight excluding hydrogens is 380 g/mol. The second-order valence-electron chi connectivity index (χ2n) is 6.89. The third-order valence-electron chi connectivity index (χ3n) is 4.94. The van der Waals surface area contributed by atoms with Crippen molar-refractivity contribution >= 4 is 10.1 Å². The van der Waals surface area contributed by atoms with Gasteiger partial charge in [-0.05, 0) is 40.8 Å². The Morgan fingerprint density at radius 1 is 0.621 bits per heavy atom. The van der Waals surface area contributed by atoms with E-state index in [1.807, 2.05) is 104 Å². The first kappa shape index (κ1) is 19.1. The van der Waals surface area contributed by atoms with E-state index in [1.54, 1.807) is 0 Å². The Balaban J connectivity index is 2.21. The van der Waals surface area contributed by atoms with E-state index in [0.29, 0.717) is 11.1 Å². The normalized spacial score (nSPS) is 11.4. The van der Waals surface area contributed by atoms with Gasteiger partial charge >= 0.3 is 0 Å². The molecule has 0 heterocycles. The van der Waals surface area contributed by atoms with Crippen molar-refractivity contribution in [3.05, 3.63) is 103 Å². The highest BCUT2D eigenvalue weighted by Crippen LogP contribution is 2.44. The molecule has 29 heavy (non-hydrogen) atoms. The van der Waals surface area contributed by atoms with Crippen molar-refractivity contribution in [2.75, 3.05) is 0 Å². The summed E-state index contributed by atoms with van der Waals surface area (Å²) in [7, 11) is -4.51. The fraction of sp³-hybridized carbons (Fsp3) is 0.0400. The third-order valence-corrected chi connectivity index (χ3v) is 5.88. The van der Waals surface area contributed by atoms with Crippen LogP contribution in [-0.4, -0.2) is 13.0 Å². The van der Waals surface area contributed by atoms with Crippen molar-refractivity contribution in [1.82, 2.24) is 0 Å². The van der Waals surface area contributed by atoms with Crippen LogP contribution in [0.3, 0.4) is 0 Å². The molecule has 0 saturated carbocycles. The van der Waals surface area contributed by atoms with Crippen LogP contribution in [0.15, 0.2) is 102 Å². The van der Waals surface area contributed by atoms with Gasteiger partial charge in [0.25, 0.3) is 10.1 Å². The molecule has 0 unspecified atom stereocenters. The minimum Gasteiger partial charge on any atom is -0.282 e. The van der Waals surface area contributed by atoms with Crippen LogP contribution in [-0.2, 0) is 10.1 Å². The zero-order valence-corrected chi connectivity index (χ0v) is 16.7. The number of rotatable bonds is 4. The lowest BCUT2D eigenvalue weighted by Gasteiger charge is -2.20. The Morgan fingerprint density at radius 2 is 1.03 bits per heavy atom. The molecule has 3 nitrogen and oxygen atoms in total. The van der Waals surface area contributed by atoms with Gasteiger partial charge in [0, 0.05) is 11.1 Å². The van der Waals surface area contributed by atoms with Crippen molar-refractivity contribution in [3.63, 3.8) is 0 Å². The van der Waals surface area contributed by atoms with E-state index in [1.165, 1.54) is 0 Å². The minimum atomic E-state index is -4.51. The fourth-order valence-electron chi connectivity index (χ4n) is 3.76. The van der Waals surface area contributed by atoms with Crippen LogP contribution in [0.4, 0.5) is 0 Å². The molecule has 4 aromatic carbocycles. The number of aryl methyl sites for hydroxylation is 1. The first-order valence-electron chi connectivity index (χ1n) is 9.28. The summed E-state index contributed by atoms with van der Waals surface area (Å²) in [6, 6.07) is 30.1. The molecule has 1 N–H and O–H groups in total. The van der Waals surface area contributed by atoms with E-state index < -0.39 is 10.1 Å². The topological polar surface area (TPSA) is 54.4 Å². The summed E-state index contributed by atoms with van der Waals surface area (Å²) in [5.41, 5.74) is 5.10. The first-order valence-corrected chi connectivity index (χ1v) is 10.7. The summed E-state index contributed by atoms with van der Waals surface area (Å²) in [4.78, 5) is -0.0700. The molecule has 4 heteroatoms. The van der Waals surface area contributed by atoms with Crippen molar-refractivity contribution < 1.29 is 13.0 Å². The molecule has 4 aromatic rings. The first-order chi connectivity index (χ1) is 14.0. The predicted molar refractivity (Wildman–Crippen MR) is 117 cm³/mol. The van der Waals surface area contributed by atoms with Gasteiger partial charge in [-0.1, -0.05) is 91.0 Å². The molecule has 0 saturated heterocycles.